The minimum absolute atomic E-state index is 0.0658. The number of ether oxygens (including phenoxy) is 1. The van der Waals surface area contributed by atoms with Crippen LogP contribution in [0, 0.1) is 11.6 Å². The summed E-state index contributed by atoms with van der Waals surface area (Å²) >= 11 is 0. The smallest absolute Gasteiger partial charge is 0.130 e. The molecule has 0 aliphatic rings. The highest BCUT2D eigenvalue weighted by Crippen LogP contribution is 2.23. The molecule has 0 saturated carbocycles. The molecule has 0 atom stereocenters. The van der Waals surface area contributed by atoms with Gasteiger partial charge in [0.1, 0.15) is 29.6 Å². The summed E-state index contributed by atoms with van der Waals surface area (Å²) in [6, 6.07) is 9.86. The Bertz CT molecular complexity index is 586. The van der Waals surface area contributed by atoms with E-state index in [0.717, 1.165) is 18.2 Å². The van der Waals surface area contributed by atoms with Crippen molar-refractivity contribution < 1.29 is 18.6 Å². The van der Waals surface area contributed by atoms with Gasteiger partial charge in [0.05, 0.1) is 0 Å². The molecular formula is C16H15F2O2. The van der Waals surface area contributed by atoms with Crippen LogP contribution >= 0.6 is 0 Å². The first-order chi connectivity index (χ1) is 9.36. The third-order valence-corrected chi connectivity index (χ3v) is 2.95. The summed E-state index contributed by atoms with van der Waals surface area (Å²) < 4.78 is 31.8. The topological polar surface area (TPSA) is 29.1 Å². The van der Waals surface area contributed by atoms with Crippen molar-refractivity contribution in [1.82, 2.24) is 0 Å². The molecular weight excluding hydrogens is 262 g/mol. The number of benzene rings is 2. The van der Waals surface area contributed by atoms with E-state index >= 15 is 0 Å². The second kappa shape index (κ2) is 5.59. The molecule has 0 unspecified atom stereocenters. The van der Waals surface area contributed by atoms with Crippen LogP contribution in [0.3, 0.4) is 0 Å². The summed E-state index contributed by atoms with van der Waals surface area (Å²) in [6.45, 7) is 3.08. The van der Waals surface area contributed by atoms with E-state index in [9.17, 15) is 13.9 Å². The molecule has 0 fully saturated rings. The average Bonchev–Trinajstić information content (AvgIpc) is 2.39. The summed E-state index contributed by atoms with van der Waals surface area (Å²) in [5.74, 6) is -0.515. The van der Waals surface area contributed by atoms with E-state index in [0.29, 0.717) is 11.3 Å². The van der Waals surface area contributed by atoms with Gasteiger partial charge in [-0.2, -0.15) is 0 Å². The van der Waals surface area contributed by atoms with Gasteiger partial charge in [-0.05, 0) is 49.7 Å². The van der Waals surface area contributed by atoms with Crippen molar-refractivity contribution in [3.8, 4) is 5.75 Å². The first-order valence-electron chi connectivity index (χ1n) is 6.24. The fraction of sp³-hybridized carbons (Fsp3) is 0.250. The van der Waals surface area contributed by atoms with Gasteiger partial charge in [0.15, 0.2) is 0 Å². The average molecular weight is 277 g/mol. The molecule has 2 nitrogen and oxygen atoms in total. The molecule has 0 saturated heterocycles. The molecule has 0 spiro atoms. The monoisotopic (exact) mass is 277 g/mol. The highest BCUT2D eigenvalue weighted by atomic mass is 19.1. The Morgan fingerprint density at radius 2 is 1.70 bits per heavy atom. The van der Waals surface area contributed by atoms with E-state index in [1.54, 1.807) is 38.1 Å². The maximum absolute atomic E-state index is 13.4. The Morgan fingerprint density at radius 3 is 2.30 bits per heavy atom. The zero-order valence-corrected chi connectivity index (χ0v) is 11.3. The normalized spacial score (nSPS) is 11.4. The molecule has 0 aliphatic heterocycles. The number of rotatable bonds is 4. The van der Waals surface area contributed by atoms with E-state index in [2.05, 4.69) is 0 Å². The fourth-order valence-electron chi connectivity index (χ4n) is 1.77. The van der Waals surface area contributed by atoms with Gasteiger partial charge in [-0.25, -0.2) is 13.9 Å². The van der Waals surface area contributed by atoms with Crippen LogP contribution in [0.25, 0.3) is 0 Å². The van der Waals surface area contributed by atoms with Gasteiger partial charge in [0, 0.05) is 5.56 Å². The zero-order chi connectivity index (χ0) is 14.8. The van der Waals surface area contributed by atoms with Gasteiger partial charge >= 0.3 is 0 Å². The summed E-state index contributed by atoms with van der Waals surface area (Å²) in [5.41, 5.74) is -0.382. The molecule has 105 valence electrons. The Hall–Kier alpha value is -1.94. The van der Waals surface area contributed by atoms with Crippen molar-refractivity contribution in [1.29, 1.82) is 0 Å². The van der Waals surface area contributed by atoms with E-state index in [4.69, 9.17) is 4.74 Å². The highest BCUT2D eigenvalue weighted by Gasteiger charge is 2.17. The lowest BCUT2D eigenvalue weighted by Crippen LogP contribution is -2.13. The van der Waals surface area contributed by atoms with Crippen LogP contribution < -0.4 is 4.74 Å². The highest BCUT2D eigenvalue weighted by molar-refractivity contribution is 5.30. The van der Waals surface area contributed by atoms with Crippen molar-refractivity contribution in [3.05, 3.63) is 65.2 Å². The van der Waals surface area contributed by atoms with Gasteiger partial charge in [-0.3, -0.25) is 0 Å². The number of hydrogen-bond donors (Lipinski definition) is 0. The van der Waals surface area contributed by atoms with Crippen LogP contribution in [0.15, 0.2) is 42.5 Å². The lowest BCUT2D eigenvalue weighted by molar-refractivity contribution is -0.000136. The molecule has 2 aromatic rings. The molecule has 0 bridgehead atoms. The second-order valence-corrected chi connectivity index (χ2v) is 5.06. The third kappa shape index (κ3) is 3.54. The summed E-state index contributed by atoms with van der Waals surface area (Å²) in [6.07, 6.45) is 0. The number of hydrogen-bond acceptors (Lipinski definition) is 1. The summed E-state index contributed by atoms with van der Waals surface area (Å²) in [5, 5.41) is 11.7. The van der Waals surface area contributed by atoms with Crippen LogP contribution in [0.1, 0.15) is 25.0 Å². The molecule has 20 heavy (non-hydrogen) atoms. The maximum atomic E-state index is 13.4. The van der Waals surface area contributed by atoms with Crippen molar-refractivity contribution in [2.24, 2.45) is 0 Å². The number of halogens is 2. The van der Waals surface area contributed by atoms with Gasteiger partial charge in [-0.1, -0.05) is 12.1 Å². The van der Waals surface area contributed by atoms with Gasteiger partial charge in [0.2, 0.25) is 0 Å². The molecule has 0 aliphatic carbocycles. The Labute approximate surface area is 116 Å². The first kappa shape index (κ1) is 14.5. The fourth-order valence-corrected chi connectivity index (χ4v) is 1.77. The molecule has 0 N–H and O–H groups in total. The minimum atomic E-state index is -1.17. The quantitative estimate of drug-likeness (QED) is 0.823. The lowest BCUT2D eigenvalue weighted by Gasteiger charge is -2.15. The van der Waals surface area contributed by atoms with Crippen molar-refractivity contribution in [2.75, 3.05) is 0 Å². The molecule has 1 radical (unpaired) electrons. The molecule has 0 heterocycles. The van der Waals surface area contributed by atoms with Crippen molar-refractivity contribution in [2.45, 2.75) is 26.1 Å². The lowest BCUT2D eigenvalue weighted by atomic mass is 9.99. The van der Waals surface area contributed by atoms with E-state index in [1.807, 2.05) is 0 Å². The standard InChI is InChI=1S/C16H15F2O2/c1-16(2,19)12-3-6-14(7-4-12)20-10-11-9-13(17)5-8-15(11)18/h3-9H,10H2,1-2H3. The predicted molar refractivity (Wildman–Crippen MR) is 70.8 cm³/mol. The van der Waals surface area contributed by atoms with Crippen LogP contribution in [0.4, 0.5) is 8.78 Å². The minimum Gasteiger partial charge on any atom is -0.489 e. The Kier molecular flexibility index (Phi) is 4.04. The van der Waals surface area contributed by atoms with Gasteiger partial charge in [0.25, 0.3) is 0 Å². The first-order valence-corrected chi connectivity index (χ1v) is 6.24. The van der Waals surface area contributed by atoms with Crippen LogP contribution in [-0.4, -0.2) is 0 Å². The van der Waals surface area contributed by atoms with Crippen LogP contribution in [-0.2, 0) is 17.3 Å². The largest absolute Gasteiger partial charge is 0.489 e. The van der Waals surface area contributed by atoms with Crippen molar-refractivity contribution >= 4 is 0 Å². The molecule has 2 rings (SSSR count). The molecule has 2 aromatic carbocycles. The molecule has 0 amide bonds. The summed E-state index contributed by atoms with van der Waals surface area (Å²) in [7, 11) is 0. The van der Waals surface area contributed by atoms with Gasteiger partial charge < -0.3 is 4.74 Å². The van der Waals surface area contributed by atoms with Crippen molar-refractivity contribution in [3.63, 3.8) is 0 Å². The Balaban J connectivity index is 2.06. The SMILES string of the molecule is CC(C)([O])c1ccc(OCc2cc(F)ccc2F)cc1. The zero-order valence-electron chi connectivity index (χ0n) is 11.3. The third-order valence-electron chi connectivity index (χ3n) is 2.95. The van der Waals surface area contributed by atoms with Crippen LogP contribution in [0.5, 0.6) is 5.75 Å². The molecule has 0 aromatic heterocycles. The second-order valence-electron chi connectivity index (χ2n) is 5.06. The maximum Gasteiger partial charge on any atom is 0.130 e. The summed E-state index contributed by atoms with van der Waals surface area (Å²) in [4.78, 5) is 0. The van der Waals surface area contributed by atoms with Gasteiger partial charge in [-0.15, -0.1) is 0 Å². The van der Waals surface area contributed by atoms with Crippen LogP contribution in [0.2, 0.25) is 0 Å². The predicted octanol–water partition coefficient (Wildman–Crippen LogP) is 4.21. The molecule has 4 heteroatoms. The van der Waals surface area contributed by atoms with E-state index in [-0.39, 0.29) is 12.2 Å². The van der Waals surface area contributed by atoms with E-state index in [1.165, 1.54) is 0 Å². The Morgan fingerprint density at radius 1 is 1.05 bits per heavy atom. The van der Waals surface area contributed by atoms with E-state index < -0.39 is 17.2 Å².